The molecule has 0 amide bonds. The maximum atomic E-state index is 4.57. The average molecular weight is 357 g/mol. The Morgan fingerprint density at radius 2 is 1.96 bits per heavy atom. The van der Waals surface area contributed by atoms with Gasteiger partial charge in [0.25, 0.3) is 0 Å². The summed E-state index contributed by atoms with van der Waals surface area (Å²) in [5.74, 6) is 0.454. The second kappa shape index (κ2) is 6.13. The van der Waals surface area contributed by atoms with E-state index in [-0.39, 0.29) is 0 Å². The van der Waals surface area contributed by atoms with E-state index in [0.717, 1.165) is 28.8 Å². The molecule has 0 aliphatic heterocycles. The van der Waals surface area contributed by atoms with Crippen LogP contribution in [0.25, 0.3) is 27.8 Å². The molecule has 0 bridgehead atoms. The first-order chi connectivity index (χ1) is 13.3. The van der Waals surface area contributed by atoms with Crippen LogP contribution in [0, 0.1) is 0 Å². The molecule has 0 saturated carbocycles. The van der Waals surface area contributed by atoms with E-state index in [1.807, 2.05) is 48.1 Å². The van der Waals surface area contributed by atoms with Crippen molar-refractivity contribution in [1.29, 1.82) is 0 Å². The molecule has 9 heteroatoms. The number of fused-ring (bicyclic) bond motifs is 2. The van der Waals surface area contributed by atoms with Gasteiger partial charge in [-0.05, 0) is 19.1 Å². The molecule has 0 radical (unpaired) electrons. The lowest BCUT2D eigenvalue weighted by Crippen LogP contribution is -2.01. The lowest BCUT2D eigenvalue weighted by molar-refractivity contribution is 0.660. The molecule has 0 atom stereocenters. The van der Waals surface area contributed by atoms with Gasteiger partial charge in [0.2, 0.25) is 5.95 Å². The number of benzene rings is 1. The number of hydrogen-bond donors (Lipinski definition) is 1. The third-order valence-corrected chi connectivity index (χ3v) is 4.23. The fourth-order valence-electron chi connectivity index (χ4n) is 2.87. The Morgan fingerprint density at radius 3 is 2.85 bits per heavy atom. The standard InChI is InChI=1S/C18H15N9/c1-2-26-11-13(8-21-26)22-18-20-10-16-17(23-18)27(25-24-16)14-7-12-5-3-4-6-15(12)19-9-14/h3-11H,2H2,1H3,(H,20,22,23). The highest BCUT2D eigenvalue weighted by Crippen LogP contribution is 2.20. The van der Waals surface area contributed by atoms with Gasteiger partial charge < -0.3 is 5.32 Å². The molecule has 0 unspecified atom stereocenters. The summed E-state index contributed by atoms with van der Waals surface area (Å²) >= 11 is 0. The Bertz CT molecular complexity index is 1250. The van der Waals surface area contributed by atoms with Crippen molar-refractivity contribution >= 4 is 33.7 Å². The zero-order valence-corrected chi connectivity index (χ0v) is 14.5. The Balaban J connectivity index is 1.56. The molecule has 27 heavy (non-hydrogen) atoms. The number of rotatable bonds is 4. The summed E-state index contributed by atoms with van der Waals surface area (Å²) in [7, 11) is 0. The van der Waals surface area contributed by atoms with Crippen molar-refractivity contribution in [2.45, 2.75) is 13.5 Å². The number of anilines is 2. The molecule has 0 aliphatic carbocycles. The van der Waals surface area contributed by atoms with Crippen molar-refractivity contribution in [2.24, 2.45) is 0 Å². The minimum Gasteiger partial charge on any atom is -0.321 e. The van der Waals surface area contributed by atoms with Crippen molar-refractivity contribution in [2.75, 3.05) is 5.32 Å². The summed E-state index contributed by atoms with van der Waals surface area (Å²) in [6, 6.07) is 9.94. The third-order valence-electron chi connectivity index (χ3n) is 4.23. The van der Waals surface area contributed by atoms with Crippen molar-refractivity contribution < 1.29 is 0 Å². The molecule has 9 nitrogen and oxygen atoms in total. The van der Waals surface area contributed by atoms with Gasteiger partial charge >= 0.3 is 0 Å². The van der Waals surface area contributed by atoms with E-state index in [4.69, 9.17) is 0 Å². The molecule has 0 aliphatic rings. The van der Waals surface area contributed by atoms with Gasteiger partial charge in [-0.25, -0.2) is 4.98 Å². The number of para-hydroxylation sites is 1. The second-order valence-corrected chi connectivity index (χ2v) is 6.00. The number of nitrogens with one attached hydrogen (secondary N) is 1. The van der Waals surface area contributed by atoms with E-state index >= 15 is 0 Å². The van der Waals surface area contributed by atoms with E-state index in [1.54, 1.807) is 23.3 Å². The van der Waals surface area contributed by atoms with Gasteiger partial charge in [-0.2, -0.15) is 14.8 Å². The normalized spacial score (nSPS) is 11.3. The van der Waals surface area contributed by atoms with E-state index in [2.05, 4.69) is 35.7 Å². The van der Waals surface area contributed by atoms with Gasteiger partial charge in [0.1, 0.15) is 0 Å². The highest BCUT2D eigenvalue weighted by Gasteiger charge is 2.11. The minimum atomic E-state index is 0.454. The van der Waals surface area contributed by atoms with Gasteiger partial charge in [-0.15, -0.1) is 5.10 Å². The topological polar surface area (TPSA) is 99.2 Å². The van der Waals surface area contributed by atoms with E-state index in [1.165, 1.54) is 0 Å². The molecule has 0 spiro atoms. The van der Waals surface area contributed by atoms with Crippen LogP contribution in [0.5, 0.6) is 0 Å². The molecule has 4 heterocycles. The Hall–Kier alpha value is -3.88. The van der Waals surface area contributed by atoms with Gasteiger partial charge in [0.05, 0.1) is 35.5 Å². The molecule has 5 aromatic rings. The average Bonchev–Trinajstić information content (AvgIpc) is 3.34. The Kier molecular flexibility index (Phi) is 3.49. The lowest BCUT2D eigenvalue weighted by Gasteiger charge is -2.05. The molecular formula is C18H15N9. The molecule has 4 aromatic heterocycles. The first-order valence-electron chi connectivity index (χ1n) is 8.53. The fourth-order valence-corrected chi connectivity index (χ4v) is 2.87. The molecule has 0 saturated heterocycles. The van der Waals surface area contributed by atoms with Gasteiger partial charge in [-0.1, -0.05) is 23.4 Å². The lowest BCUT2D eigenvalue weighted by atomic mass is 10.2. The molecule has 1 N–H and O–H groups in total. The zero-order chi connectivity index (χ0) is 18.2. The summed E-state index contributed by atoms with van der Waals surface area (Å²) in [6.45, 7) is 2.83. The molecule has 5 rings (SSSR count). The monoisotopic (exact) mass is 357 g/mol. The summed E-state index contributed by atoms with van der Waals surface area (Å²) in [4.78, 5) is 13.4. The molecule has 132 valence electrons. The Labute approximate surface area is 153 Å². The highest BCUT2D eigenvalue weighted by atomic mass is 15.4. The SMILES string of the molecule is CCn1cc(Nc2ncc3nnn(-c4cnc5ccccc5c4)c3n2)cn1. The number of hydrogen-bond acceptors (Lipinski definition) is 7. The zero-order valence-electron chi connectivity index (χ0n) is 14.5. The summed E-state index contributed by atoms with van der Waals surface area (Å²) < 4.78 is 3.49. The first-order valence-corrected chi connectivity index (χ1v) is 8.53. The highest BCUT2D eigenvalue weighted by molar-refractivity contribution is 5.81. The number of pyridine rings is 1. The summed E-state index contributed by atoms with van der Waals surface area (Å²) in [6.07, 6.45) is 7.04. The quantitative estimate of drug-likeness (QED) is 0.528. The van der Waals surface area contributed by atoms with Crippen LogP contribution in [0.3, 0.4) is 0 Å². The predicted molar refractivity (Wildman–Crippen MR) is 101 cm³/mol. The number of nitrogens with zero attached hydrogens (tertiary/aromatic N) is 8. The van der Waals surface area contributed by atoms with Crippen LogP contribution >= 0.6 is 0 Å². The van der Waals surface area contributed by atoms with Crippen LogP contribution in [0.15, 0.2) is 55.1 Å². The van der Waals surface area contributed by atoms with Gasteiger partial charge in [0, 0.05) is 18.1 Å². The number of aromatic nitrogens is 8. The molecule has 0 fully saturated rings. The maximum Gasteiger partial charge on any atom is 0.229 e. The summed E-state index contributed by atoms with van der Waals surface area (Å²) in [5.41, 5.74) is 3.75. The predicted octanol–water partition coefficient (Wildman–Crippen LogP) is 2.72. The smallest absolute Gasteiger partial charge is 0.229 e. The van der Waals surface area contributed by atoms with E-state index in [0.29, 0.717) is 17.1 Å². The third kappa shape index (κ3) is 2.74. The van der Waals surface area contributed by atoms with Crippen molar-refractivity contribution in [3.8, 4) is 5.69 Å². The van der Waals surface area contributed by atoms with Crippen molar-refractivity contribution in [1.82, 2.24) is 39.7 Å². The van der Waals surface area contributed by atoms with Crippen LogP contribution in [-0.2, 0) is 6.54 Å². The fraction of sp³-hybridized carbons (Fsp3) is 0.111. The van der Waals surface area contributed by atoms with Crippen molar-refractivity contribution in [3.05, 3.63) is 55.1 Å². The summed E-state index contributed by atoms with van der Waals surface area (Å²) in [5, 5.41) is 16.8. The van der Waals surface area contributed by atoms with Gasteiger partial charge in [-0.3, -0.25) is 9.67 Å². The van der Waals surface area contributed by atoms with E-state index < -0.39 is 0 Å². The Morgan fingerprint density at radius 1 is 1.04 bits per heavy atom. The minimum absolute atomic E-state index is 0.454. The van der Waals surface area contributed by atoms with Crippen LogP contribution < -0.4 is 5.32 Å². The van der Waals surface area contributed by atoms with Crippen LogP contribution in [0.2, 0.25) is 0 Å². The second-order valence-electron chi connectivity index (χ2n) is 6.00. The maximum absolute atomic E-state index is 4.57. The molecule has 1 aromatic carbocycles. The molecular weight excluding hydrogens is 342 g/mol. The first kappa shape index (κ1) is 15.4. The van der Waals surface area contributed by atoms with Crippen molar-refractivity contribution in [3.63, 3.8) is 0 Å². The largest absolute Gasteiger partial charge is 0.321 e. The van der Waals surface area contributed by atoms with Gasteiger partial charge in [0.15, 0.2) is 11.2 Å². The number of aryl methyl sites for hydroxylation is 1. The van der Waals surface area contributed by atoms with Crippen LogP contribution in [-0.4, -0.2) is 39.7 Å². The van der Waals surface area contributed by atoms with Crippen LogP contribution in [0.1, 0.15) is 6.92 Å². The van der Waals surface area contributed by atoms with E-state index in [9.17, 15) is 0 Å². The van der Waals surface area contributed by atoms with Crippen LogP contribution in [0.4, 0.5) is 11.6 Å².